The molecule has 0 aromatic carbocycles. The number of hydrogen-bond donors (Lipinski definition) is 3. The van der Waals surface area contributed by atoms with E-state index in [9.17, 15) is 0 Å². The standard InChI is InChI=1S/C3H7N5OSi/c4-1-6-2(5)8-3(7-1)10-9/h9H,10H2,(H4,4,5,6,7,8). The molecule has 0 saturated heterocycles. The van der Waals surface area contributed by atoms with Crippen molar-refractivity contribution in [2.24, 2.45) is 0 Å². The zero-order chi connectivity index (χ0) is 7.56. The number of nitrogens with zero attached hydrogens (tertiary/aromatic N) is 3. The Morgan fingerprint density at radius 1 is 1.10 bits per heavy atom. The molecule has 0 amide bonds. The minimum Gasteiger partial charge on any atom is -0.430 e. The first kappa shape index (κ1) is 6.90. The van der Waals surface area contributed by atoms with Crippen LogP contribution in [-0.4, -0.2) is 29.5 Å². The Balaban J connectivity index is 3.06. The molecular formula is C3H7N5OSi. The van der Waals surface area contributed by atoms with Crippen LogP contribution in [0.2, 0.25) is 0 Å². The summed E-state index contributed by atoms with van der Waals surface area (Å²) in [4.78, 5) is 19.5. The molecule has 1 aromatic rings. The maximum absolute atomic E-state index is 8.66. The van der Waals surface area contributed by atoms with Crippen LogP contribution in [0.25, 0.3) is 0 Å². The van der Waals surface area contributed by atoms with Crippen LogP contribution in [-0.2, 0) is 0 Å². The summed E-state index contributed by atoms with van der Waals surface area (Å²) in [5.41, 5.74) is 10.7. The minimum absolute atomic E-state index is 0.0593. The lowest BCUT2D eigenvalue weighted by Gasteiger charge is -1.96. The normalized spacial score (nSPS) is 10.9. The highest BCUT2D eigenvalue weighted by molar-refractivity contribution is 6.42. The van der Waals surface area contributed by atoms with Crippen molar-refractivity contribution in [2.45, 2.75) is 0 Å². The molecule has 0 aliphatic heterocycles. The van der Waals surface area contributed by atoms with Gasteiger partial charge in [-0.1, -0.05) is 0 Å². The van der Waals surface area contributed by atoms with Crippen molar-refractivity contribution in [3.63, 3.8) is 0 Å². The van der Waals surface area contributed by atoms with Gasteiger partial charge < -0.3 is 16.3 Å². The summed E-state index contributed by atoms with van der Waals surface area (Å²) < 4.78 is 0. The fourth-order valence-corrected chi connectivity index (χ4v) is 0.993. The van der Waals surface area contributed by atoms with E-state index in [0.29, 0.717) is 5.45 Å². The van der Waals surface area contributed by atoms with Gasteiger partial charge in [0, 0.05) is 0 Å². The van der Waals surface area contributed by atoms with Crippen molar-refractivity contribution >= 4 is 27.1 Å². The molecule has 10 heavy (non-hydrogen) atoms. The first-order chi connectivity index (χ1) is 4.72. The summed E-state index contributed by atoms with van der Waals surface area (Å²) >= 11 is 0. The molecule has 5 N–H and O–H groups in total. The smallest absolute Gasteiger partial charge is 0.232 e. The summed E-state index contributed by atoms with van der Waals surface area (Å²) in [6, 6.07) is 0. The monoisotopic (exact) mass is 157 g/mol. The van der Waals surface area contributed by atoms with Crippen LogP contribution in [0.5, 0.6) is 0 Å². The number of rotatable bonds is 1. The largest absolute Gasteiger partial charge is 0.430 e. The average Bonchev–Trinajstić information content (AvgIpc) is 1.85. The molecule has 1 rings (SSSR count). The third-order valence-electron chi connectivity index (χ3n) is 0.858. The van der Waals surface area contributed by atoms with Gasteiger partial charge >= 0.3 is 0 Å². The Kier molecular flexibility index (Phi) is 1.78. The lowest BCUT2D eigenvalue weighted by molar-refractivity contribution is 0.612. The number of hydrogen-bond acceptors (Lipinski definition) is 6. The molecule has 0 aliphatic carbocycles. The fraction of sp³-hybridized carbons (Fsp3) is 0. The average molecular weight is 157 g/mol. The molecule has 0 saturated carbocycles. The minimum atomic E-state index is -1.37. The van der Waals surface area contributed by atoms with Gasteiger partial charge in [-0.3, -0.25) is 0 Å². The van der Waals surface area contributed by atoms with Crippen molar-refractivity contribution in [3.05, 3.63) is 0 Å². The van der Waals surface area contributed by atoms with Gasteiger partial charge in [-0.05, 0) is 0 Å². The molecule has 7 heteroatoms. The van der Waals surface area contributed by atoms with Gasteiger partial charge in [0.15, 0.2) is 0 Å². The molecule has 1 heterocycles. The molecule has 0 atom stereocenters. The Morgan fingerprint density at radius 2 is 1.60 bits per heavy atom. The second kappa shape index (κ2) is 2.58. The zero-order valence-electron chi connectivity index (χ0n) is 5.15. The Morgan fingerprint density at radius 3 is 2.00 bits per heavy atom. The third kappa shape index (κ3) is 1.39. The Labute approximate surface area is 59.3 Å². The molecule has 0 unspecified atom stereocenters. The zero-order valence-corrected chi connectivity index (χ0v) is 6.56. The lowest BCUT2D eigenvalue weighted by atomic mass is 10.9. The molecule has 1 aromatic heterocycles. The molecule has 6 nitrogen and oxygen atoms in total. The van der Waals surface area contributed by atoms with Crippen LogP contribution < -0.4 is 16.9 Å². The second-order valence-corrected chi connectivity index (χ2v) is 2.57. The first-order valence-electron chi connectivity index (χ1n) is 2.59. The van der Waals surface area contributed by atoms with Crippen molar-refractivity contribution in [1.29, 1.82) is 0 Å². The van der Waals surface area contributed by atoms with Crippen molar-refractivity contribution in [1.82, 2.24) is 15.0 Å². The highest BCUT2D eigenvalue weighted by atomic mass is 28.2. The second-order valence-electron chi connectivity index (χ2n) is 1.63. The van der Waals surface area contributed by atoms with E-state index in [1.807, 2.05) is 0 Å². The number of anilines is 2. The van der Waals surface area contributed by atoms with Gasteiger partial charge in [-0.15, -0.1) is 0 Å². The van der Waals surface area contributed by atoms with Crippen LogP contribution in [0.3, 0.4) is 0 Å². The van der Waals surface area contributed by atoms with Crippen LogP contribution in [0.15, 0.2) is 0 Å². The SMILES string of the molecule is Nc1nc(N)nc([SiH2]O)n1. The van der Waals surface area contributed by atoms with Crippen molar-refractivity contribution in [2.75, 3.05) is 11.5 Å². The summed E-state index contributed by atoms with van der Waals surface area (Å²) in [6.45, 7) is 0. The highest BCUT2D eigenvalue weighted by Crippen LogP contribution is 1.87. The molecule has 0 radical (unpaired) electrons. The van der Waals surface area contributed by atoms with Crippen molar-refractivity contribution in [3.8, 4) is 0 Å². The van der Waals surface area contributed by atoms with E-state index in [1.54, 1.807) is 0 Å². The van der Waals surface area contributed by atoms with Gasteiger partial charge in [0.2, 0.25) is 21.7 Å². The van der Waals surface area contributed by atoms with Crippen LogP contribution >= 0.6 is 0 Å². The van der Waals surface area contributed by atoms with E-state index < -0.39 is 9.76 Å². The molecule has 0 fully saturated rings. The van der Waals surface area contributed by atoms with Gasteiger partial charge in [0.05, 0.1) is 0 Å². The number of nitrogen functional groups attached to an aromatic ring is 2. The van der Waals surface area contributed by atoms with Gasteiger partial charge in [-0.25, -0.2) is 9.97 Å². The van der Waals surface area contributed by atoms with E-state index in [-0.39, 0.29) is 11.9 Å². The van der Waals surface area contributed by atoms with Gasteiger partial charge in [-0.2, -0.15) is 4.98 Å². The molecule has 0 aliphatic rings. The molecular weight excluding hydrogens is 150 g/mol. The van der Waals surface area contributed by atoms with E-state index in [4.69, 9.17) is 16.3 Å². The van der Waals surface area contributed by atoms with E-state index in [1.165, 1.54) is 0 Å². The topological polar surface area (TPSA) is 111 Å². The quantitative estimate of drug-likeness (QED) is 0.369. The predicted molar refractivity (Wildman–Crippen MR) is 39.0 cm³/mol. The summed E-state index contributed by atoms with van der Waals surface area (Å²) in [5, 5.41) is 0. The Hall–Kier alpha value is -1.21. The van der Waals surface area contributed by atoms with Crippen LogP contribution in [0, 0.1) is 0 Å². The molecule has 0 bridgehead atoms. The fourth-order valence-electron chi connectivity index (χ4n) is 0.528. The Bertz CT molecular complexity index is 220. The maximum atomic E-state index is 8.66. The highest BCUT2D eigenvalue weighted by Gasteiger charge is 1.98. The lowest BCUT2D eigenvalue weighted by Crippen LogP contribution is -2.25. The number of nitrogens with two attached hydrogens (primary N) is 2. The molecule has 54 valence electrons. The predicted octanol–water partition coefficient (Wildman–Crippen LogP) is -3.26. The van der Waals surface area contributed by atoms with E-state index in [0.717, 1.165) is 0 Å². The van der Waals surface area contributed by atoms with E-state index in [2.05, 4.69) is 15.0 Å². The van der Waals surface area contributed by atoms with Gasteiger partial charge in [0.25, 0.3) is 0 Å². The third-order valence-corrected chi connectivity index (χ3v) is 1.46. The molecule has 0 spiro atoms. The number of aromatic nitrogens is 3. The first-order valence-corrected chi connectivity index (χ1v) is 3.93. The van der Waals surface area contributed by atoms with Crippen LogP contribution in [0.1, 0.15) is 0 Å². The summed E-state index contributed by atoms with van der Waals surface area (Å²) in [6.07, 6.45) is 0. The van der Waals surface area contributed by atoms with E-state index >= 15 is 0 Å². The summed E-state index contributed by atoms with van der Waals surface area (Å²) in [5.74, 6) is 0.119. The van der Waals surface area contributed by atoms with Gasteiger partial charge in [0.1, 0.15) is 5.45 Å². The summed E-state index contributed by atoms with van der Waals surface area (Å²) in [7, 11) is -1.37. The van der Waals surface area contributed by atoms with Crippen molar-refractivity contribution < 1.29 is 4.80 Å². The maximum Gasteiger partial charge on any atom is 0.232 e. The van der Waals surface area contributed by atoms with Crippen LogP contribution in [0.4, 0.5) is 11.9 Å².